The van der Waals surface area contributed by atoms with Crippen LogP contribution in [0.25, 0.3) is 0 Å². The van der Waals surface area contributed by atoms with Crippen molar-refractivity contribution >= 4 is 46.5 Å². The van der Waals surface area contributed by atoms with Crippen molar-refractivity contribution < 1.29 is 19.3 Å². The lowest BCUT2D eigenvalue weighted by molar-refractivity contribution is -0.384. The molecule has 2 N–H and O–H groups in total. The standard InChI is InChI=1S/C23H22N4O5S/c1-12-11-13(27(31)32)7-8-17(12)26-20(28)18-16(9-10-33-2)25-23(19(18)21(26)29)14-5-3-4-6-15(14)24-22(23)30/h3-8,11,16,18-19,25H,9-10H2,1-2H3,(H,24,30)/t16-,18-,19+,23-/m0/s1. The van der Waals surface area contributed by atoms with Crippen molar-refractivity contribution in [3.8, 4) is 0 Å². The average Bonchev–Trinajstić information content (AvgIpc) is 3.37. The maximum absolute atomic E-state index is 13.9. The van der Waals surface area contributed by atoms with Crippen LogP contribution in [0.5, 0.6) is 0 Å². The molecule has 0 aliphatic carbocycles. The highest BCUT2D eigenvalue weighted by atomic mass is 32.2. The molecule has 2 aromatic rings. The van der Waals surface area contributed by atoms with Crippen molar-refractivity contribution in [2.24, 2.45) is 11.8 Å². The molecule has 5 rings (SSSR count). The van der Waals surface area contributed by atoms with Gasteiger partial charge in [0.1, 0.15) is 5.54 Å². The van der Waals surface area contributed by atoms with Crippen molar-refractivity contribution in [1.82, 2.24) is 5.32 Å². The Morgan fingerprint density at radius 1 is 1.15 bits per heavy atom. The van der Waals surface area contributed by atoms with Gasteiger partial charge in [-0.3, -0.25) is 29.8 Å². The highest BCUT2D eigenvalue weighted by molar-refractivity contribution is 7.98. The Kier molecular flexibility index (Phi) is 5.02. The number of benzene rings is 2. The third-order valence-electron chi connectivity index (χ3n) is 6.89. The fourth-order valence-electron chi connectivity index (χ4n) is 5.49. The number of para-hydroxylation sites is 1. The molecule has 9 nitrogen and oxygen atoms in total. The van der Waals surface area contributed by atoms with E-state index in [1.54, 1.807) is 24.8 Å². The zero-order valence-electron chi connectivity index (χ0n) is 18.0. The van der Waals surface area contributed by atoms with Crippen LogP contribution in [0.15, 0.2) is 42.5 Å². The van der Waals surface area contributed by atoms with E-state index in [0.717, 1.165) is 10.7 Å². The van der Waals surface area contributed by atoms with Crippen LogP contribution >= 0.6 is 11.8 Å². The van der Waals surface area contributed by atoms with Crippen LogP contribution in [0, 0.1) is 28.9 Å². The summed E-state index contributed by atoms with van der Waals surface area (Å²) in [5.41, 5.74) is 0.612. The third kappa shape index (κ3) is 2.94. The monoisotopic (exact) mass is 466 g/mol. The minimum atomic E-state index is -1.33. The molecule has 0 saturated carbocycles. The van der Waals surface area contributed by atoms with Gasteiger partial charge in [-0.1, -0.05) is 18.2 Å². The summed E-state index contributed by atoms with van der Waals surface area (Å²) >= 11 is 1.63. The number of imide groups is 1. The third-order valence-corrected chi connectivity index (χ3v) is 7.53. The highest BCUT2D eigenvalue weighted by Crippen LogP contribution is 2.54. The first-order valence-electron chi connectivity index (χ1n) is 10.6. The molecule has 3 aliphatic heterocycles. The van der Waals surface area contributed by atoms with Gasteiger partial charge in [-0.05, 0) is 43.0 Å². The molecule has 0 aromatic heterocycles. The van der Waals surface area contributed by atoms with Crippen LogP contribution in [-0.2, 0) is 19.9 Å². The van der Waals surface area contributed by atoms with E-state index in [1.807, 2.05) is 24.5 Å². The lowest BCUT2D eigenvalue weighted by Crippen LogP contribution is -2.53. The molecular formula is C23H22N4O5S. The SMILES string of the molecule is CSCC[C@@H]1N[C@]2(C(=O)Nc3ccccc32)[C@H]2C(=O)N(c3ccc([N+](=O)[O-])cc3C)C(=O)[C@@H]12. The number of anilines is 2. The van der Waals surface area contributed by atoms with Crippen molar-refractivity contribution in [3.05, 3.63) is 63.7 Å². The van der Waals surface area contributed by atoms with E-state index in [-0.39, 0.29) is 23.5 Å². The largest absolute Gasteiger partial charge is 0.324 e. The minimum absolute atomic E-state index is 0.115. The van der Waals surface area contributed by atoms with Gasteiger partial charge in [-0.25, -0.2) is 4.90 Å². The van der Waals surface area contributed by atoms with E-state index < -0.39 is 28.2 Å². The number of amides is 3. The van der Waals surface area contributed by atoms with Gasteiger partial charge in [-0.2, -0.15) is 11.8 Å². The quantitative estimate of drug-likeness (QED) is 0.395. The van der Waals surface area contributed by atoms with E-state index in [0.29, 0.717) is 28.9 Å². The molecule has 0 radical (unpaired) electrons. The summed E-state index contributed by atoms with van der Waals surface area (Å²) in [6.07, 6.45) is 2.58. The minimum Gasteiger partial charge on any atom is -0.324 e. The van der Waals surface area contributed by atoms with Gasteiger partial charge in [0.15, 0.2) is 0 Å². The van der Waals surface area contributed by atoms with E-state index in [1.165, 1.54) is 18.2 Å². The lowest BCUT2D eigenvalue weighted by atomic mass is 9.76. The van der Waals surface area contributed by atoms with Gasteiger partial charge in [-0.15, -0.1) is 0 Å². The Hall–Kier alpha value is -3.24. The predicted octanol–water partition coefficient (Wildman–Crippen LogP) is 2.58. The molecule has 3 heterocycles. The van der Waals surface area contributed by atoms with E-state index in [2.05, 4.69) is 10.6 Å². The Morgan fingerprint density at radius 2 is 1.91 bits per heavy atom. The van der Waals surface area contributed by atoms with Gasteiger partial charge in [0.2, 0.25) is 17.7 Å². The molecule has 10 heteroatoms. The molecule has 0 unspecified atom stereocenters. The van der Waals surface area contributed by atoms with Crippen LogP contribution in [-0.4, -0.2) is 40.7 Å². The summed E-state index contributed by atoms with van der Waals surface area (Å²) in [5, 5.41) is 17.4. The van der Waals surface area contributed by atoms with Crippen LogP contribution in [0.2, 0.25) is 0 Å². The second-order valence-corrected chi connectivity index (χ2v) is 9.57. The van der Waals surface area contributed by atoms with E-state index in [4.69, 9.17) is 0 Å². The first-order valence-corrected chi connectivity index (χ1v) is 12.0. The van der Waals surface area contributed by atoms with Gasteiger partial charge in [0.25, 0.3) is 5.69 Å². The first-order chi connectivity index (χ1) is 15.8. The number of carbonyl (C=O) groups is 3. The van der Waals surface area contributed by atoms with Gasteiger partial charge < -0.3 is 5.32 Å². The smallest absolute Gasteiger partial charge is 0.269 e. The molecule has 0 bridgehead atoms. The summed E-state index contributed by atoms with van der Waals surface area (Å²) in [5.74, 6) is -2.04. The summed E-state index contributed by atoms with van der Waals surface area (Å²) < 4.78 is 0. The second kappa shape index (κ2) is 7.67. The molecule has 4 atom stereocenters. The number of nitrogens with one attached hydrogen (secondary N) is 2. The summed E-state index contributed by atoms with van der Waals surface area (Å²) in [7, 11) is 0. The summed E-state index contributed by atoms with van der Waals surface area (Å²) in [6.45, 7) is 1.63. The van der Waals surface area contributed by atoms with Crippen LogP contribution in [0.3, 0.4) is 0 Å². The Morgan fingerprint density at radius 3 is 2.61 bits per heavy atom. The highest BCUT2D eigenvalue weighted by Gasteiger charge is 2.70. The van der Waals surface area contributed by atoms with Gasteiger partial charge >= 0.3 is 0 Å². The molecule has 2 saturated heterocycles. The van der Waals surface area contributed by atoms with E-state index in [9.17, 15) is 24.5 Å². The zero-order chi connectivity index (χ0) is 23.5. The number of aryl methyl sites for hydroxylation is 1. The molecule has 2 fully saturated rings. The zero-order valence-corrected chi connectivity index (χ0v) is 18.8. The molecule has 3 amide bonds. The second-order valence-electron chi connectivity index (χ2n) is 8.58. The maximum atomic E-state index is 13.9. The number of fused-ring (bicyclic) bond motifs is 4. The lowest BCUT2D eigenvalue weighted by Gasteiger charge is -2.29. The van der Waals surface area contributed by atoms with Crippen LogP contribution < -0.4 is 15.5 Å². The number of nitro benzene ring substituents is 1. The van der Waals surface area contributed by atoms with Crippen molar-refractivity contribution in [2.45, 2.75) is 24.9 Å². The number of carbonyl (C=O) groups excluding carboxylic acids is 3. The maximum Gasteiger partial charge on any atom is 0.269 e. The van der Waals surface area contributed by atoms with Gasteiger partial charge in [0, 0.05) is 29.4 Å². The number of non-ortho nitro benzene ring substituents is 1. The number of hydrogen-bond donors (Lipinski definition) is 2. The molecule has 1 spiro atoms. The van der Waals surface area contributed by atoms with E-state index >= 15 is 0 Å². The molecule has 170 valence electrons. The van der Waals surface area contributed by atoms with Crippen molar-refractivity contribution in [3.63, 3.8) is 0 Å². The van der Waals surface area contributed by atoms with Crippen molar-refractivity contribution in [2.75, 3.05) is 22.2 Å². The van der Waals surface area contributed by atoms with Crippen LogP contribution in [0.1, 0.15) is 17.5 Å². The number of nitro groups is 1. The average molecular weight is 467 g/mol. The van der Waals surface area contributed by atoms with Crippen molar-refractivity contribution in [1.29, 1.82) is 0 Å². The normalized spacial score (nSPS) is 27.8. The Labute approximate surface area is 194 Å². The topological polar surface area (TPSA) is 122 Å². The molecule has 2 aromatic carbocycles. The Bertz CT molecular complexity index is 1220. The molecular weight excluding hydrogens is 444 g/mol. The fourth-order valence-corrected chi connectivity index (χ4v) is 5.98. The first kappa shape index (κ1) is 21.6. The number of hydrogen-bond acceptors (Lipinski definition) is 7. The predicted molar refractivity (Wildman–Crippen MR) is 124 cm³/mol. The number of nitrogens with zero attached hydrogens (tertiary/aromatic N) is 2. The summed E-state index contributed by atoms with van der Waals surface area (Å²) in [4.78, 5) is 52.7. The fraction of sp³-hybridized carbons (Fsp3) is 0.348. The number of thioether (sulfide) groups is 1. The molecule has 33 heavy (non-hydrogen) atoms. The summed E-state index contributed by atoms with van der Waals surface area (Å²) in [6, 6.07) is 10.9. The Balaban J connectivity index is 1.63. The molecule has 3 aliphatic rings. The van der Waals surface area contributed by atoms with Gasteiger partial charge in [0.05, 0.1) is 22.4 Å². The number of rotatable bonds is 5. The van der Waals surface area contributed by atoms with Crippen LogP contribution in [0.4, 0.5) is 17.1 Å².